The smallest absolute Gasteiger partial charge is 0.110 e. The van der Waals surface area contributed by atoms with Crippen molar-refractivity contribution in [3.05, 3.63) is 99.8 Å². The van der Waals surface area contributed by atoms with Crippen molar-refractivity contribution in [1.82, 2.24) is 14.9 Å². The third-order valence-electron chi connectivity index (χ3n) is 7.28. The van der Waals surface area contributed by atoms with Crippen molar-refractivity contribution >= 4 is 34.2 Å². The van der Waals surface area contributed by atoms with E-state index >= 15 is 0 Å². The molecule has 1 aromatic heterocycles. The topological polar surface area (TPSA) is 31.9 Å². The number of fused-ring (bicyclic) bond motifs is 3. The molecule has 2 fully saturated rings. The number of halogens is 2. The summed E-state index contributed by atoms with van der Waals surface area (Å²) in [7, 11) is 0. The number of hydrogen-bond donors (Lipinski definition) is 1. The predicted molar refractivity (Wildman–Crippen MR) is 131 cm³/mol. The number of aromatic amines is 1. The van der Waals surface area contributed by atoms with Crippen LogP contribution in [0.2, 0.25) is 10.0 Å². The summed E-state index contributed by atoms with van der Waals surface area (Å²) in [4.78, 5) is 11.2. The first-order chi connectivity index (χ1) is 15.7. The lowest BCUT2D eigenvalue weighted by Crippen LogP contribution is -2.45. The Balaban J connectivity index is 1.38. The first-order valence-corrected chi connectivity index (χ1v) is 12.2. The zero-order chi connectivity index (χ0) is 21.7. The van der Waals surface area contributed by atoms with Gasteiger partial charge in [-0.15, -0.1) is 0 Å². The maximum Gasteiger partial charge on any atom is 0.110 e. The van der Waals surface area contributed by atoms with Crippen molar-refractivity contribution in [2.75, 3.05) is 0 Å². The molecule has 4 aromatic rings. The van der Waals surface area contributed by atoms with Gasteiger partial charge in [0, 0.05) is 28.0 Å². The zero-order valence-electron chi connectivity index (χ0n) is 17.7. The predicted octanol–water partition coefficient (Wildman–Crippen LogP) is 7.37. The van der Waals surface area contributed by atoms with Crippen LogP contribution in [-0.2, 0) is 0 Å². The highest BCUT2D eigenvalue weighted by atomic mass is 35.5. The number of imidazole rings is 1. The SMILES string of the molecule is Clc1ccccc1C(c1ccccc1Cl)N1C2CCC1CC(c1nc3ccccc3[nH]1)C2. The minimum Gasteiger partial charge on any atom is -0.342 e. The fourth-order valence-corrected chi connectivity index (χ4v) is 6.38. The molecule has 0 spiro atoms. The summed E-state index contributed by atoms with van der Waals surface area (Å²) in [5.41, 5.74) is 4.47. The van der Waals surface area contributed by atoms with Gasteiger partial charge in [0.25, 0.3) is 0 Å². The Bertz CT molecular complexity index is 1170. The van der Waals surface area contributed by atoms with Crippen LogP contribution in [0.5, 0.6) is 0 Å². The molecule has 1 N–H and O–H groups in total. The molecule has 162 valence electrons. The van der Waals surface area contributed by atoms with Crippen molar-refractivity contribution in [3.8, 4) is 0 Å². The van der Waals surface area contributed by atoms with Gasteiger partial charge in [0.1, 0.15) is 5.82 Å². The van der Waals surface area contributed by atoms with E-state index in [9.17, 15) is 0 Å². The van der Waals surface area contributed by atoms with Gasteiger partial charge in [0.2, 0.25) is 0 Å². The Kier molecular flexibility index (Phi) is 5.21. The molecule has 3 nitrogen and oxygen atoms in total. The van der Waals surface area contributed by atoms with Gasteiger partial charge in [-0.2, -0.15) is 0 Å². The van der Waals surface area contributed by atoms with Crippen molar-refractivity contribution < 1.29 is 0 Å². The van der Waals surface area contributed by atoms with E-state index in [0.717, 1.165) is 50.9 Å². The maximum atomic E-state index is 6.74. The first-order valence-electron chi connectivity index (χ1n) is 11.4. The number of piperidine rings is 1. The van der Waals surface area contributed by atoms with Gasteiger partial charge in [0.15, 0.2) is 0 Å². The molecule has 2 atom stereocenters. The number of rotatable bonds is 4. The molecule has 0 amide bonds. The second kappa shape index (κ2) is 8.22. The zero-order valence-corrected chi connectivity index (χ0v) is 19.2. The normalized spacial score (nSPS) is 23.3. The largest absolute Gasteiger partial charge is 0.342 e. The van der Waals surface area contributed by atoms with E-state index in [1.807, 2.05) is 24.3 Å². The maximum absolute atomic E-state index is 6.74. The summed E-state index contributed by atoms with van der Waals surface area (Å²) >= 11 is 13.5. The number of hydrogen-bond acceptors (Lipinski definition) is 2. The minimum atomic E-state index is 0.0616. The molecule has 2 unspecified atom stereocenters. The summed E-state index contributed by atoms with van der Waals surface area (Å²) in [5, 5.41) is 1.60. The number of para-hydroxylation sites is 2. The molecule has 2 bridgehead atoms. The van der Waals surface area contributed by atoms with E-state index in [1.54, 1.807) is 0 Å². The fraction of sp³-hybridized carbons (Fsp3) is 0.296. The average Bonchev–Trinajstić information content (AvgIpc) is 3.34. The Hall–Kier alpha value is -2.33. The van der Waals surface area contributed by atoms with Crippen LogP contribution < -0.4 is 0 Å². The second-order valence-electron chi connectivity index (χ2n) is 9.09. The van der Waals surface area contributed by atoms with E-state index in [0.29, 0.717) is 18.0 Å². The third-order valence-corrected chi connectivity index (χ3v) is 7.97. The number of nitrogens with zero attached hydrogens (tertiary/aromatic N) is 2. The molecule has 3 aromatic carbocycles. The molecule has 0 aliphatic carbocycles. The molecule has 0 saturated carbocycles. The second-order valence-corrected chi connectivity index (χ2v) is 9.90. The van der Waals surface area contributed by atoms with Crippen molar-refractivity contribution in [2.24, 2.45) is 0 Å². The Morgan fingerprint density at radius 1 is 0.781 bits per heavy atom. The molecule has 32 heavy (non-hydrogen) atoms. The summed E-state index contributed by atoms with van der Waals surface area (Å²) < 4.78 is 0. The highest BCUT2D eigenvalue weighted by molar-refractivity contribution is 6.32. The summed E-state index contributed by atoms with van der Waals surface area (Å²) in [5.74, 6) is 1.59. The molecule has 6 rings (SSSR count). The fourth-order valence-electron chi connectivity index (χ4n) is 5.91. The van der Waals surface area contributed by atoms with E-state index in [-0.39, 0.29) is 6.04 Å². The van der Waals surface area contributed by atoms with Gasteiger partial charge >= 0.3 is 0 Å². The van der Waals surface area contributed by atoms with Gasteiger partial charge in [-0.05, 0) is 61.1 Å². The lowest BCUT2D eigenvalue weighted by atomic mass is 9.86. The van der Waals surface area contributed by atoms with Crippen LogP contribution in [0.4, 0.5) is 0 Å². The van der Waals surface area contributed by atoms with Crippen LogP contribution in [0, 0.1) is 0 Å². The number of aromatic nitrogens is 2. The van der Waals surface area contributed by atoms with Crippen LogP contribution in [0.15, 0.2) is 72.8 Å². The lowest BCUT2D eigenvalue weighted by Gasteiger charge is -2.44. The van der Waals surface area contributed by atoms with Crippen LogP contribution in [0.25, 0.3) is 11.0 Å². The molecule has 2 saturated heterocycles. The Morgan fingerprint density at radius 2 is 1.34 bits per heavy atom. The van der Waals surface area contributed by atoms with E-state index in [2.05, 4.69) is 58.4 Å². The molecular weight excluding hydrogens is 437 g/mol. The highest BCUT2D eigenvalue weighted by Crippen LogP contribution is 2.50. The minimum absolute atomic E-state index is 0.0616. The Morgan fingerprint density at radius 3 is 1.94 bits per heavy atom. The highest BCUT2D eigenvalue weighted by Gasteiger charge is 2.46. The van der Waals surface area contributed by atoms with Crippen molar-refractivity contribution in [1.29, 1.82) is 0 Å². The van der Waals surface area contributed by atoms with Crippen LogP contribution >= 0.6 is 23.2 Å². The summed E-state index contributed by atoms with van der Waals surface area (Å²) in [6, 6.07) is 25.8. The summed E-state index contributed by atoms with van der Waals surface area (Å²) in [6.07, 6.45) is 4.60. The lowest BCUT2D eigenvalue weighted by molar-refractivity contribution is 0.0919. The molecule has 0 radical (unpaired) electrons. The standard InChI is InChI=1S/C27H25Cl2N3/c28-22-9-3-1-7-20(22)26(21-8-2-4-10-23(21)29)32-18-13-14-19(32)16-17(15-18)27-30-24-11-5-6-12-25(24)31-27/h1-12,17-19,26H,13-16H2,(H,30,31). The number of nitrogens with one attached hydrogen (secondary N) is 1. The van der Waals surface area contributed by atoms with Crippen molar-refractivity contribution in [2.45, 2.75) is 49.7 Å². The van der Waals surface area contributed by atoms with Crippen LogP contribution in [0.1, 0.15) is 54.6 Å². The van der Waals surface area contributed by atoms with Gasteiger partial charge in [-0.3, -0.25) is 4.90 Å². The average molecular weight is 462 g/mol. The van der Waals surface area contributed by atoms with Gasteiger partial charge in [-0.1, -0.05) is 71.7 Å². The Labute approximate surface area is 198 Å². The van der Waals surface area contributed by atoms with Gasteiger partial charge in [-0.25, -0.2) is 4.98 Å². The monoisotopic (exact) mass is 461 g/mol. The molecule has 3 heterocycles. The third kappa shape index (κ3) is 3.44. The first kappa shape index (κ1) is 20.3. The number of benzene rings is 3. The van der Waals surface area contributed by atoms with Crippen molar-refractivity contribution in [3.63, 3.8) is 0 Å². The van der Waals surface area contributed by atoms with E-state index < -0.39 is 0 Å². The molecule has 5 heteroatoms. The number of H-pyrrole nitrogens is 1. The molecule has 2 aliphatic rings. The quantitative estimate of drug-likeness (QED) is 0.343. The summed E-state index contributed by atoms with van der Waals surface area (Å²) in [6.45, 7) is 0. The van der Waals surface area contributed by atoms with E-state index in [4.69, 9.17) is 28.2 Å². The van der Waals surface area contributed by atoms with E-state index in [1.165, 1.54) is 12.8 Å². The van der Waals surface area contributed by atoms with Crippen LogP contribution in [-0.4, -0.2) is 27.0 Å². The van der Waals surface area contributed by atoms with Gasteiger partial charge < -0.3 is 4.98 Å². The van der Waals surface area contributed by atoms with Crippen LogP contribution in [0.3, 0.4) is 0 Å². The molecule has 2 aliphatic heterocycles. The molecular formula is C27H25Cl2N3. The van der Waals surface area contributed by atoms with Gasteiger partial charge in [0.05, 0.1) is 17.1 Å².